The van der Waals surface area contributed by atoms with Crippen LogP contribution >= 0.6 is 11.3 Å². The number of hydrogen-bond acceptors (Lipinski definition) is 6. The molecule has 1 saturated heterocycles. The maximum atomic E-state index is 13.1. The molecule has 1 fully saturated rings. The number of H-pyrrole nitrogens is 1. The van der Waals surface area contributed by atoms with Crippen molar-refractivity contribution in [3.63, 3.8) is 0 Å². The molecule has 0 saturated carbocycles. The number of nitrogens with zero attached hydrogens (tertiary/aromatic N) is 4. The smallest absolute Gasteiger partial charge is 0.322 e. The number of para-hydroxylation sites is 2. The minimum Gasteiger partial charge on any atom is -0.495 e. The lowest BCUT2D eigenvalue weighted by Gasteiger charge is -2.32. The van der Waals surface area contributed by atoms with E-state index in [4.69, 9.17) is 9.84 Å². The number of methoxy groups -OCH3 is 1. The van der Waals surface area contributed by atoms with Crippen LogP contribution in [0, 0.1) is 0 Å². The Kier molecular flexibility index (Phi) is 6.57. The molecule has 0 atom stereocenters. The Labute approximate surface area is 238 Å². The van der Waals surface area contributed by atoms with Crippen LogP contribution in [0.5, 0.6) is 5.75 Å². The average Bonchev–Trinajstić information content (AvgIpc) is 3.67. The maximum absolute atomic E-state index is 13.1. The zero-order valence-electron chi connectivity index (χ0n) is 23.0. The molecule has 2 aromatic heterocycles. The van der Waals surface area contributed by atoms with Crippen LogP contribution < -0.4 is 10.1 Å². The summed E-state index contributed by atoms with van der Waals surface area (Å²) in [6.45, 7) is 6.83. The highest BCUT2D eigenvalue weighted by atomic mass is 32.1. The lowest BCUT2D eigenvalue weighted by atomic mass is 10.0. The molecule has 40 heavy (non-hydrogen) atoms. The summed E-state index contributed by atoms with van der Waals surface area (Å²) in [5, 5.41) is 11.1. The van der Waals surface area contributed by atoms with Crippen molar-refractivity contribution in [3.05, 3.63) is 75.7 Å². The summed E-state index contributed by atoms with van der Waals surface area (Å²) in [6, 6.07) is 16.6. The molecule has 0 spiro atoms. The summed E-state index contributed by atoms with van der Waals surface area (Å²) in [5.74, 6) is 0.660. The zero-order chi connectivity index (χ0) is 27.2. The van der Waals surface area contributed by atoms with Crippen LogP contribution in [0.3, 0.4) is 0 Å². The Bertz CT molecular complexity index is 1570. The summed E-state index contributed by atoms with van der Waals surface area (Å²) in [5.41, 5.74) is 9.52. The number of likely N-dealkylation sites (N-methyl/N-ethyl adjacent to an activating group) is 1. The molecule has 8 nitrogen and oxygen atoms in total. The molecule has 2 aromatic carbocycles. The predicted molar refractivity (Wildman–Crippen MR) is 159 cm³/mol. The third-order valence-electron chi connectivity index (χ3n) is 8.43. The molecule has 7 rings (SSSR count). The van der Waals surface area contributed by atoms with Crippen molar-refractivity contribution < 1.29 is 9.53 Å². The Hall–Kier alpha value is -3.66. The molecule has 0 bridgehead atoms. The number of fused-ring (bicyclic) bond motifs is 4. The van der Waals surface area contributed by atoms with Crippen molar-refractivity contribution in [3.8, 4) is 27.6 Å². The largest absolute Gasteiger partial charge is 0.495 e. The second-order valence-corrected chi connectivity index (χ2v) is 12.2. The van der Waals surface area contributed by atoms with E-state index in [1.807, 2.05) is 29.2 Å². The number of hydrogen-bond donors (Lipinski definition) is 2. The van der Waals surface area contributed by atoms with Gasteiger partial charge >= 0.3 is 6.03 Å². The minimum absolute atomic E-state index is 0.102. The fraction of sp³-hybridized carbons (Fsp3) is 0.355. The van der Waals surface area contributed by atoms with Crippen LogP contribution in [0.2, 0.25) is 0 Å². The number of aromatic nitrogens is 2. The number of benzene rings is 2. The van der Waals surface area contributed by atoms with E-state index in [1.165, 1.54) is 37.6 Å². The van der Waals surface area contributed by atoms with Crippen LogP contribution in [0.4, 0.5) is 10.5 Å². The second kappa shape index (κ2) is 10.4. The molecular formula is C31H34N6O2S. The van der Waals surface area contributed by atoms with Crippen LogP contribution in [0.1, 0.15) is 27.1 Å². The molecular weight excluding hydrogens is 520 g/mol. The third-order valence-corrected chi connectivity index (χ3v) is 9.61. The van der Waals surface area contributed by atoms with E-state index < -0.39 is 0 Å². The standard InChI is InChI=1S/C31H34N6O2S/c1-35-11-13-36(14-12-35)18-20-7-8-23-22(15-20)16-24-29(23)33-34-30(24)27-17-21-9-10-37(19-28(21)40-27)31(38)32-25-5-3-4-6-26(25)39-2/h3-8,15,17H,9-14,16,18-19H2,1-2H3,(H,32,38)(H,33,34). The van der Waals surface area contributed by atoms with Gasteiger partial charge in [-0.2, -0.15) is 5.10 Å². The van der Waals surface area contributed by atoms with Gasteiger partial charge in [-0.05, 0) is 48.4 Å². The first kappa shape index (κ1) is 25.3. The molecule has 1 aliphatic carbocycles. The van der Waals surface area contributed by atoms with Gasteiger partial charge in [0.25, 0.3) is 0 Å². The van der Waals surface area contributed by atoms with Gasteiger partial charge in [-0.3, -0.25) is 10.00 Å². The van der Waals surface area contributed by atoms with E-state index >= 15 is 0 Å². The number of amides is 2. The first-order chi connectivity index (χ1) is 19.6. The first-order valence-corrected chi connectivity index (χ1v) is 14.8. The highest BCUT2D eigenvalue weighted by Gasteiger charge is 2.29. The predicted octanol–water partition coefficient (Wildman–Crippen LogP) is 5.06. The van der Waals surface area contributed by atoms with Crippen molar-refractivity contribution in [1.82, 2.24) is 24.9 Å². The van der Waals surface area contributed by atoms with E-state index in [0.717, 1.165) is 57.0 Å². The van der Waals surface area contributed by atoms with E-state index in [2.05, 4.69) is 51.5 Å². The van der Waals surface area contributed by atoms with E-state index in [0.29, 0.717) is 24.5 Å². The topological polar surface area (TPSA) is 76.7 Å². The molecule has 4 aromatic rings. The molecule has 0 radical (unpaired) electrons. The van der Waals surface area contributed by atoms with Gasteiger partial charge in [0.2, 0.25) is 0 Å². The number of aromatic amines is 1. The van der Waals surface area contributed by atoms with E-state index in [1.54, 1.807) is 18.4 Å². The summed E-state index contributed by atoms with van der Waals surface area (Å²) < 4.78 is 5.39. The summed E-state index contributed by atoms with van der Waals surface area (Å²) in [6.07, 6.45) is 1.75. The van der Waals surface area contributed by atoms with E-state index in [-0.39, 0.29) is 6.03 Å². The highest BCUT2D eigenvalue weighted by Crippen LogP contribution is 2.43. The van der Waals surface area contributed by atoms with Crippen LogP contribution in [-0.2, 0) is 25.9 Å². The molecule has 2 aliphatic heterocycles. The number of thiophene rings is 1. The molecule has 3 aliphatic rings. The zero-order valence-corrected chi connectivity index (χ0v) is 23.8. The van der Waals surface area contributed by atoms with Gasteiger partial charge in [-0.1, -0.05) is 30.3 Å². The third kappa shape index (κ3) is 4.68. The SMILES string of the molecule is COc1ccccc1NC(=O)N1CCc2cc(-c3[nH]nc4c3Cc3cc(CN5CCN(C)CC5)ccc3-4)sc2C1. The van der Waals surface area contributed by atoms with Gasteiger partial charge in [0.1, 0.15) is 5.75 Å². The number of anilines is 1. The molecule has 2 amide bonds. The molecule has 9 heteroatoms. The van der Waals surface area contributed by atoms with Crippen molar-refractivity contribution in [2.75, 3.05) is 52.2 Å². The van der Waals surface area contributed by atoms with E-state index in [9.17, 15) is 4.79 Å². The Morgan fingerprint density at radius 2 is 1.93 bits per heavy atom. The summed E-state index contributed by atoms with van der Waals surface area (Å²) in [4.78, 5) is 22.3. The Morgan fingerprint density at radius 3 is 2.77 bits per heavy atom. The number of ether oxygens (including phenoxy) is 1. The summed E-state index contributed by atoms with van der Waals surface area (Å²) >= 11 is 1.77. The monoisotopic (exact) mass is 554 g/mol. The Balaban J connectivity index is 1.06. The lowest BCUT2D eigenvalue weighted by molar-refractivity contribution is 0.148. The highest BCUT2D eigenvalue weighted by molar-refractivity contribution is 7.15. The van der Waals surface area contributed by atoms with Crippen molar-refractivity contribution in [1.29, 1.82) is 0 Å². The van der Waals surface area contributed by atoms with Crippen molar-refractivity contribution >= 4 is 23.1 Å². The minimum atomic E-state index is -0.102. The second-order valence-electron chi connectivity index (χ2n) is 11.0. The Morgan fingerprint density at radius 1 is 1.07 bits per heavy atom. The molecule has 4 heterocycles. The number of piperazine rings is 1. The van der Waals surface area contributed by atoms with Gasteiger partial charge in [0, 0.05) is 61.7 Å². The van der Waals surface area contributed by atoms with Crippen LogP contribution in [-0.4, -0.2) is 77.8 Å². The van der Waals surface area contributed by atoms with Gasteiger partial charge in [-0.15, -0.1) is 11.3 Å². The number of nitrogens with one attached hydrogen (secondary N) is 2. The van der Waals surface area contributed by atoms with Gasteiger partial charge in [0.15, 0.2) is 0 Å². The van der Waals surface area contributed by atoms with Gasteiger partial charge < -0.3 is 19.9 Å². The summed E-state index contributed by atoms with van der Waals surface area (Å²) in [7, 11) is 3.82. The molecule has 0 unspecified atom stereocenters. The fourth-order valence-electron chi connectivity index (χ4n) is 6.10. The maximum Gasteiger partial charge on any atom is 0.322 e. The lowest BCUT2D eigenvalue weighted by Crippen LogP contribution is -2.43. The number of rotatable bonds is 5. The van der Waals surface area contributed by atoms with Gasteiger partial charge in [0.05, 0.1) is 35.6 Å². The number of urea groups is 1. The molecule has 206 valence electrons. The average molecular weight is 555 g/mol. The van der Waals surface area contributed by atoms with Crippen LogP contribution in [0.25, 0.3) is 21.8 Å². The van der Waals surface area contributed by atoms with Crippen molar-refractivity contribution in [2.45, 2.75) is 25.9 Å². The quantitative estimate of drug-likeness (QED) is 0.318. The fourth-order valence-corrected chi connectivity index (χ4v) is 7.35. The molecule has 2 N–H and O–H groups in total. The van der Waals surface area contributed by atoms with Gasteiger partial charge in [-0.25, -0.2) is 4.79 Å². The normalized spacial score (nSPS) is 16.9. The first-order valence-electron chi connectivity index (χ1n) is 14.0. The number of carbonyl (C=O) groups is 1. The van der Waals surface area contributed by atoms with Crippen LogP contribution in [0.15, 0.2) is 48.5 Å². The van der Waals surface area contributed by atoms with Crippen molar-refractivity contribution in [2.24, 2.45) is 0 Å². The number of carbonyl (C=O) groups excluding carboxylic acids is 1.